The molecule has 1 aromatic heterocycles. The number of aromatic nitrogens is 2. The van der Waals surface area contributed by atoms with E-state index in [4.69, 9.17) is 4.74 Å². The molecule has 5 nitrogen and oxygen atoms in total. The van der Waals surface area contributed by atoms with E-state index in [0.29, 0.717) is 11.8 Å². The van der Waals surface area contributed by atoms with Crippen LogP contribution in [0.3, 0.4) is 0 Å². The molecule has 0 radical (unpaired) electrons. The zero-order valence-corrected chi connectivity index (χ0v) is 12.8. The first-order valence-corrected chi connectivity index (χ1v) is 7.63. The maximum atomic E-state index is 5.67. The monoisotopic (exact) mass is 278 g/mol. The lowest BCUT2D eigenvalue weighted by Crippen LogP contribution is -2.24. The number of rotatable bonds is 7. The Hall–Kier alpha value is -1.36. The maximum Gasteiger partial charge on any atom is 0.257 e. The van der Waals surface area contributed by atoms with E-state index in [1.165, 1.54) is 32.5 Å². The molecule has 1 aliphatic rings. The summed E-state index contributed by atoms with van der Waals surface area (Å²) in [5.41, 5.74) is 0. The topological polar surface area (TPSA) is 50.3 Å². The minimum atomic E-state index is 0.110. The van der Waals surface area contributed by atoms with Crippen molar-refractivity contribution >= 4 is 5.82 Å². The molecule has 0 bridgehead atoms. The molecule has 1 N–H and O–H groups in total. The van der Waals surface area contributed by atoms with Crippen molar-refractivity contribution in [3.05, 3.63) is 12.4 Å². The minimum absolute atomic E-state index is 0.110. The van der Waals surface area contributed by atoms with Gasteiger partial charge in [-0.05, 0) is 45.7 Å². The Bertz CT molecular complexity index is 411. The van der Waals surface area contributed by atoms with Crippen molar-refractivity contribution in [2.75, 3.05) is 31.5 Å². The van der Waals surface area contributed by atoms with Gasteiger partial charge in [-0.2, -0.15) is 0 Å². The lowest BCUT2D eigenvalue weighted by molar-refractivity contribution is 0.233. The molecule has 1 saturated heterocycles. The van der Waals surface area contributed by atoms with Crippen LogP contribution in [0.1, 0.15) is 33.6 Å². The zero-order chi connectivity index (χ0) is 14.4. The lowest BCUT2D eigenvalue weighted by atomic mass is 10.1. The summed E-state index contributed by atoms with van der Waals surface area (Å²) in [6.07, 6.45) is 5.97. The molecular formula is C15H26N4O. The van der Waals surface area contributed by atoms with Crippen molar-refractivity contribution in [2.24, 2.45) is 5.92 Å². The molecule has 0 aromatic carbocycles. The molecule has 1 fully saturated rings. The van der Waals surface area contributed by atoms with Crippen LogP contribution in [0.5, 0.6) is 5.88 Å². The van der Waals surface area contributed by atoms with E-state index < -0.39 is 0 Å². The van der Waals surface area contributed by atoms with Crippen LogP contribution in [0.2, 0.25) is 0 Å². The second kappa shape index (κ2) is 7.43. The number of ether oxygens (including phenoxy) is 1. The molecule has 0 aliphatic carbocycles. The van der Waals surface area contributed by atoms with Crippen LogP contribution in [0.4, 0.5) is 5.82 Å². The first kappa shape index (κ1) is 15.0. The van der Waals surface area contributed by atoms with Gasteiger partial charge >= 0.3 is 0 Å². The summed E-state index contributed by atoms with van der Waals surface area (Å²) in [5, 5.41) is 3.40. The molecule has 1 atom stereocenters. The van der Waals surface area contributed by atoms with Crippen molar-refractivity contribution in [1.29, 1.82) is 0 Å². The third kappa shape index (κ3) is 4.34. The molecule has 2 heterocycles. The Labute approximate surface area is 121 Å². The molecule has 5 heteroatoms. The average Bonchev–Trinajstić information content (AvgIpc) is 2.85. The minimum Gasteiger partial charge on any atom is -0.472 e. The van der Waals surface area contributed by atoms with Gasteiger partial charge in [-0.3, -0.25) is 0 Å². The van der Waals surface area contributed by atoms with Crippen molar-refractivity contribution < 1.29 is 4.74 Å². The number of anilines is 1. The van der Waals surface area contributed by atoms with E-state index >= 15 is 0 Å². The third-order valence-electron chi connectivity index (χ3n) is 3.48. The normalized spacial score (nSPS) is 19.5. The first-order chi connectivity index (χ1) is 9.69. The van der Waals surface area contributed by atoms with E-state index in [2.05, 4.69) is 27.1 Å². The number of nitrogens with one attached hydrogen (secondary N) is 1. The van der Waals surface area contributed by atoms with Crippen molar-refractivity contribution in [3.8, 4) is 5.88 Å². The maximum absolute atomic E-state index is 5.67. The second-order valence-electron chi connectivity index (χ2n) is 5.71. The number of hydrogen-bond donors (Lipinski definition) is 1. The fraction of sp³-hybridized carbons (Fsp3) is 0.733. The zero-order valence-electron chi connectivity index (χ0n) is 12.8. The fourth-order valence-electron chi connectivity index (χ4n) is 2.60. The Morgan fingerprint density at radius 1 is 1.40 bits per heavy atom. The Morgan fingerprint density at radius 2 is 2.20 bits per heavy atom. The molecule has 1 aromatic rings. The highest BCUT2D eigenvalue weighted by Gasteiger charge is 2.22. The molecule has 1 unspecified atom stereocenters. The highest BCUT2D eigenvalue weighted by Crippen LogP contribution is 2.21. The molecule has 2 rings (SSSR count). The molecule has 112 valence electrons. The van der Waals surface area contributed by atoms with Crippen LogP contribution in [-0.4, -0.2) is 47.2 Å². The quantitative estimate of drug-likeness (QED) is 0.830. The average molecular weight is 278 g/mol. The molecule has 0 amide bonds. The smallest absolute Gasteiger partial charge is 0.257 e. The summed E-state index contributed by atoms with van der Waals surface area (Å²) in [4.78, 5) is 11.1. The van der Waals surface area contributed by atoms with Gasteiger partial charge in [-0.25, -0.2) is 9.97 Å². The van der Waals surface area contributed by atoms with Gasteiger partial charge in [0, 0.05) is 25.5 Å². The molecule has 1 aliphatic heterocycles. The van der Waals surface area contributed by atoms with Crippen LogP contribution < -0.4 is 10.1 Å². The second-order valence-corrected chi connectivity index (χ2v) is 5.71. The third-order valence-corrected chi connectivity index (χ3v) is 3.48. The summed E-state index contributed by atoms with van der Waals surface area (Å²) < 4.78 is 5.67. The van der Waals surface area contributed by atoms with Gasteiger partial charge in [0.15, 0.2) is 5.82 Å². The molecule has 20 heavy (non-hydrogen) atoms. The predicted molar refractivity (Wildman–Crippen MR) is 81.1 cm³/mol. The Kier molecular flexibility index (Phi) is 5.59. The number of nitrogens with zero attached hydrogens (tertiary/aromatic N) is 3. The van der Waals surface area contributed by atoms with E-state index in [1.54, 1.807) is 12.4 Å². The highest BCUT2D eigenvalue weighted by atomic mass is 16.5. The number of likely N-dealkylation sites (tertiary alicyclic amines) is 1. The summed E-state index contributed by atoms with van der Waals surface area (Å²) in [7, 11) is 0. The van der Waals surface area contributed by atoms with Gasteiger partial charge in [0.05, 0.1) is 6.10 Å². The van der Waals surface area contributed by atoms with Gasteiger partial charge in [0.1, 0.15) is 0 Å². The summed E-state index contributed by atoms with van der Waals surface area (Å²) in [5.74, 6) is 2.05. The van der Waals surface area contributed by atoms with Gasteiger partial charge in [0.25, 0.3) is 5.88 Å². The van der Waals surface area contributed by atoms with Crippen molar-refractivity contribution in [3.63, 3.8) is 0 Å². The van der Waals surface area contributed by atoms with E-state index in [9.17, 15) is 0 Å². The van der Waals surface area contributed by atoms with Crippen LogP contribution in [0, 0.1) is 5.92 Å². The van der Waals surface area contributed by atoms with E-state index in [0.717, 1.165) is 12.4 Å². The van der Waals surface area contributed by atoms with Gasteiger partial charge in [0.2, 0.25) is 0 Å². The van der Waals surface area contributed by atoms with Gasteiger partial charge in [-0.1, -0.05) is 6.92 Å². The summed E-state index contributed by atoms with van der Waals surface area (Å²) >= 11 is 0. The molecular weight excluding hydrogens is 252 g/mol. The van der Waals surface area contributed by atoms with Crippen molar-refractivity contribution in [1.82, 2.24) is 14.9 Å². The van der Waals surface area contributed by atoms with E-state index in [-0.39, 0.29) is 6.10 Å². The van der Waals surface area contributed by atoms with Crippen LogP contribution in [-0.2, 0) is 0 Å². The van der Waals surface area contributed by atoms with Gasteiger partial charge in [-0.15, -0.1) is 0 Å². The molecule has 0 spiro atoms. The summed E-state index contributed by atoms with van der Waals surface area (Å²) in [6, 6.07) is 0. The fourth-order valence-corrected chi connectivity index (χ4v) is 2.60. The van der Waals surface area contributed by atoms with Crippen LogP contribution in [0.25, 0.3) is 0 Å². The standard InChI is InChI=1S/C15H26N4O/c1-4-8-19-9-5-13(11-19)10-18-14-15(20-12(2)3)17-7-6-16-14/h6-7,12-13H,4-5,8-11H2,1-3H3,(H,16,18). The Balaban J connectivity index is 1.85. The number of hydrogen-bond acceptors (Lipinski definition) is 5. The van der Waals surface area contributed by atoms with Crippen LogP contribution in [0.15, 0.2) is 12.4 Å². The Morgan fingerprint density at radius 3 is 2.95 bits per heavy atom. The van der Waals surface area contributed by atoms with Crippen molar-refractivity contribution in [2.45, 2.75) is 39.7 Å². The lowest BCUT2D eigenvalue weighted by Gasteiger charge is -2.16. The predicted octanol–water partition coefficient (Wildman–Crippen LogP) is 2.41. The molecule has 0 saturated carbocycles. The van der Waals surface area contributed by atoms with Gasteiger partial charge < -0.3 is 15.0 Å². The van der Waals surface area contributed by atoms with E-state index in [1.807, 2.05) is 13.8 Å². The van der Waals surface area contributed by atoms with Crippen LogP contribution >= 0.6 is 0 Å². The largest absolute Gasteiger partial charge is 0.472 e. The highest BCUT2D eigenvalue weighted by molar-refractivity contribution is 5.44. The SMILES string of the molecule is CCCN1CCC(CNc2nccnc2OC(C)C)C1. The summed E-state index contributed by atoms with van der Waals surface area (Å²) in [6.45, 7) is 10.8. The first-order valence-electron chi connectivity index (χ1n) is 7.63.